The molecule has 23 heavy (non-hydrogen) atoms. The molecule has 4 nitrogen and oxygen atoms in total. The summed E-state index contributed by atoms with van der Waals surface area (Å²) < 4.78 is 50.4. The number of carbonyl (C=O) groups is 1. The molecule has 8 heteroatoms. The van der Waals surface area contributed by atoms with E-state index in [4.69, 9.17) is 11.6 Å². The first-order chi connectivity index (χ1) is 10.8. The third kappa shape index (κ3) is 5.01. The van der Waals surface area contributed by atoms with E-state index in [1.807, 2.05) is 0 Å². The molecule has 0 heterocycles. The second-order valence-electron chi connectivity index (χ2n) is 4.79. The van der Waals surface area contributed by atoms with Gasteiger partial charge in [-0.1, -0.05) is 17.7 Å². The van der Waals surface area contributed by atoms with Crippen molar-refractivity contribution in [3.8, 4) is 0 Å². The second kappa shape index (κ2) is 7.06. The van der Waals surface area contributed by atoms with Gasteiger partial charge in [-0.05, 0) is 36.4 Å². The van der Waals surface area contributed by atoms with Crippen molar-refractivity contribution in [1.82, 2.24) is 0 Å². The van der Waals surface area contributed by atoms with Crippen molar-refractivity contribution in [2.75, 3.05) is 11.1 Å². The summed E-state index contributed by atoms with van der Waals surface area (Å²) in [6, 6.07) is 8.67. The van der Waals surface area contributed by atoms with Gasteiger partial charge in [0.05, 0.1) is 5.75 Å². The molecule has 0 unspecified atom stereocenters. The fourth-order valence-corrected chi connectivity index (χ4v) is 3.49. The van der Waals surface area contributed by atoms with Gasteiger partial charge in [0, 0.05) is 16.3 Å². The first kappa shape index (κ1) is 17.4. The lowest BCUT2D eigenvalue weighted by molar-refractivity contribution is -0.113. The van der Waals surface area contributed by atoms with Crippen molar-refractivity contribution in [2.24, 2.45) is 0 Å². The zero-order chi connectivity index (χ0) is 17.0. The van der Waals surface area contributed by atoms with Crippen LogP contribution in [0.5, 0.6) is 0 Å². The predicted octanol–water partition coefficient (Wildman–Crippen LogP) is 3.17. The Hall–Kier alpha value is -1.99. The number of hydrogen-bond acceptors (Lipinski definition) is 3. The van der Waals surface area contributed by atoms with Gasteiger partial charge in [0.15, 0.2) is 9.84 Å². The summed E-state index contributed by atoms with van der Waals surface area (Å²) in [4.78, 5) is 11.8. The van der Waals surface area contributed by atoms with Gasteiger partial charge in [-0.2, -0.15) is 0 Å². The summed E-state index contributed by atoms with van der Waals surface area (Å²) in [6.45, 7) is 0. The molecule has 122 valence electrons. The van der Waals surface area contributed by atoms with E-state index in [0.29, 0.717) is 0 Å². The van der Waals surface area contributed by atoms with Crippen molar-refractivity contribution in [3.63, 3.8) is 0 Å². The van der Waals surface area contributed by atoms with Crippen molar-refractivity contribution in [2.45, 2.75) is 5.75 Å². The van der Waals surface area contributed by atoms with Crippen LogP contribution < -0.4 is 5.32 Å². The van der Waals surface area contributed by atoms with Crippen molar-refractivity contribution in [1.29, 1.82) is 0 Å². The third-order valence-corrected chi connectivity index (χ3v) is 4.69. The number of rotatable bonds is 5. The Bertz CT molecular complexity index is 803. The molecule has 0 saturated carbocycles. The van der Waals surface area contributed by atoms with E-state index in [9.17, 15) is 22.0 Å². The largest absolute Gasteiger partial charge is 0.325 e. The lowest BCUT2D eigenvalue weighted by Gasteiger charge is -2.08. The fourth-order valence-electron chi connectivity index (χ4n) is 1.87. The van der Waals surface area contributed by atoms with E-state index in [1.54, 1.807) is 0 Å². The molecule has 0 bridgehead atoms. The van der Waals surface area contributed by atoms with Gasteiger partial charge >= 0.3 is 0 Å². The van der Waals surface area contributed by atoms with Crippen LogP contribution in [0.4, 0.5) is 14.5 Å². The van der Waals surface area contributed by atoms with E-state index in [2.05, 4.69) is 5.32 Å². The highest BCUT2D eigenvalue weighted by molar-refractivity contribution is 7.91. The highest BCUT2D eigenvalue weighted by Gasteiger charge is 2.21. The molecule has 2 aromatic carbocycles. The van der Waals surface area contributed by atoms with Crippen LogP contribution >= 0.6 is 11.6 Å². The number of benzene rings is 2. The summed E-state index contributed by atoms with van der Waals surface area (Å²) in [6.07, 6.45) is 0. The van der Waals surface area contributed by atoms with Crippen LogP contribution in [-0.4, -0.2) is 20.1 Å². The van der Waals surface area contributed by atoms with Crippen molar-refractivity contribution in [3.05, 3.63) is 64.7 Å². The Kier molecular flexibility index (Phi) is 5.33. The Labute approximate surface area is 137 Å². The fraction of sp³-hybridized carbons (Fsp3) is 0.133. The van der Waals surface area contributed by atoms with Gasteiger partial charge in [-0.25, -0.2) is 17.2 Å². The standard InChI is InChI=1S/C15H12ClF2NO3S/c16-13-2-1-3-14(18)12(13)8-23(21,22)9-15(20)19-11-6-4-10(17)5-7-11/h1-7H,8-9H2,(H,19,20). The lowest BCUT2D eigenvalue weighted by atomic mass is 10.2. The molecule has 1 N–H and O–H groups in total. The molecule has 0 aliphatic rings. The summed E-state index contributed by atoms with van der Waals surface area (Å²) in [5.74, 6) is -3.56. The maximum Gasteiger partial charge on any atom is 0.239 e. The maximum atomic E-state index is 13.6. The van der Waals surface area contributed by atoms with Crippen LogP contribution in [0, 0.1) is 11.6 Å². The predicted molar refractivity (Wildman–Crippen MR) is 83.9 cm³/mol. The van der Waals surface area contributed by atoms with Crippen LogP contribution in [0.2, 0.25) is 5.02 Å². The van der Waals surface area contributed by atoms with Crippen LogP contribution in [0.3, 0.4) is 0 Å². The Morgan fingerprint density at radius 1 is 1.09 bits per heavy atom. The molecule has 0 fully saturated rings. The second-order valence-corrected chi connectivity index (χ2v) is 7.26. The Morgan fingerprint density at radius 2 is 1.74 bits per heavy atom. The average Bonchev–Trinajstić information content (AvgIpc) is 2.45. The minimum Gasteiger partial charge on any atom is -0.325 e. The zero-order valence-corrected chi connectivity index (χ0v) is 13.3. The highest BCUT2D eigenvalue weighted by Crippen LogP contribution is 2.21. The first-order valence-corrected chi connectivity index (χ1v) is 8.65. The molecule has 0 saturated heterocycles. The van der Waals surface area contributed by atoms with Crippen molar-refractivity contribution < 1.29 is 22.0 Å². The monoisotopic (exact) mass is 359 g/mol. The summed E-state index contributed by atoms with van der Waals surface area (Å²) in [5.41, 5.74) is 0.0827. The normalized spacial score (nSPS) is 11.3. The molecular weight excluding hydrogens is 348 g/mol. The Morgan fingerprint density at radius 3 is 2.35 bits per heavy atom. The first-order valence-electron chi connectivity index (χ1n) is 6.45. The number of sulfone groups is 1. The van der Waals surface area contributed by atoms with E-state index < -0.39 is 38.9 Å². The maximum absolute atomic E-state index is 13.6. The van der Waals surface area contributed by atoms with Crippen LogP contribution in [0.15, 0.2) is 42.5 Å². The summed E-state index contributed by atoms with van der Waals surface area (Å²) >= 11 is 5.78. The van der Waals surface area contributed by atoms with E-state index >= 15 is 0 Å². The summed E-state index contributed by atoms with van der Waals surface area (Å²) in [5, 5.41) is 2.31. The number of carbonyl (C=O) groups excluding carboxylic acids is 1. The van der Waals surface area contributed by atoms with Crippen molar-refractivity contribution >= 4 is 33.0 Å². The van der Waals surface area contributed by atoms with Gasteiger partial charge in [-0.15, -0.1) is 0 Å². The minimum atomic E-state index is -3.92. The van der Waals surface area contributed by atoms with Gasteiger partial charge in [-0.3, -0.25) is 4.79 Å². The highest BCUT2D eigenvalue weighted by atomic mass is 35.5. The molecule has 0 radical (unpaired) electrons. The number of hydrogen-bond donors (Lipinski definition) is 1. The van der Waals surface area contributed by atoms with Crippen LogP contribution in [0.25, 0.3) is 0 Å². The topological polar surface area (TPSA) is 63.2 Å². The summed E-state index contributed by atoms with van der Waals surface area (Å²) in [7, 11) is -3.92. The van der Waals surface area contributed by atoms with Gasteiger partial charge in [0.2, 0.25) is 5.91 Å². The minimum absolute atomic E-state index is 0.0208. The van der Waals surface area contributed by atoms with Crippen LogP contribution in [-0.2, 0) is 20.4 Å². The number of anilines is 1. The molecule has 0 spiro atoms. The van der Waals surface area contributed by atoms with E-state index in [-0.39, 0.29) is 16.3 Å². The quantitative estimate of drug-likeness (QED) is 0.891. The molecule has 0 aliphatic carbocycles. The molecule has 2 rings (SSSR count). The Balaban J connectivity index is 2.06. The molecule has 1 amide bonds. The van der Waals surface area contributed by atoms with E-state index in [1.165, 1.54) is 24.3 Å². The molecule has 0 aliphatic heterocycles. The van der Waals surface area contributed by atoms with Gasteiger partial charge in [0.1, 0.15) is 17.4 Å². The molecule has 2 aromatic rings. The molecule has 0 aromatic heterocycles. The van der Waals surface area contributed by atoms with Gasteiger partial charge < -0.3 is 5.32 Å². The number of amides is 1. The SMILES string of the molecule is O=C(CS(=O)(=O)Cc1c(F)cccc1Cl)Nc1ccc(F)cc1. The van der Waals surface area contributed by atoms with Crippen LogP contribution in [0.1, 0.15) is 5.56 Å². The number of nitrogens with one attached hydrogen (secondary N) is 1. The molecular formula is C15H12ClF2NO3S. The average molecular weight is 360 g/mol. The smallest absolute Gasteiger partial charge is 0.239 e. The number of halogens is 3. The van der Waals surface area contributed by atoms with E-state index in [0.717, 1.165) is 18.2 Å². The molecule has 0 atom stereocenters. The third-order valence-electron chi connectivity index (χ3n) is 2.90. The lowest BCUT2D eigenvalue weighted by Crippen LogP contribution is -2.24. The zero-order valence-electron chi connectivity index (χ0n) is 11.7. The van der Waals surface area contributed by atoms with Gasteiger partial charge in [0.25, 0.3) is 0 Å².